The molecule has 0 aliphatic heterocycles. The maximum Gasteiger partial charge on any atom is -0.0250 e. The van der Waals surface area contributed by atoms with E-state index in [2.05, 4.69) is 52.5 Å². The normalized spacial score (nSPS) is 26.6. The molecule has 0 radical (unpaired) electrons. The summed E-state index contributed by atoms with van der Waals surface area (Å²) in [6.07, 6.45) is 15.3. The first-order valence-electron chi connectivity index (χ1n) is 7.41. The average Bonchev–Trinajstić information content (AvgIpc) is 2.29. The molecule has 0 aromatic rings. The smallest absolute Gasteiger partial charge is 0.0250 e. The molecule has 1 rings (SSSR count). The molecular weight excluding hydrogens is 216 g/mol. The quantitative estimate of drug-likeness (QED) is 0.540. The molecule has 0 atom stereocenters. The monoisotopic (exact) mass is 246 g/mol. The van der Waals surface area contributed by atoms with Crippen molar-refractivity contribution >= 4 is 0 Å². The van der Waals surface area contributed by atoms with Crippen LogP contribution >= 0.6 is 0 Å². The zero-order valence-electron chi connectivity index (χ0n) is 12.7. The van der Waals surface area contributed by atoms with Crippen molar-refractivity contribution in [2.75, 3.05) is 0 Å². The Labute approximate surface area is 114 Å². The predicted molar refractivity (Wildman–Crippen MR) is 82.6 cm³/mol. The molecule has 1 aliphatic carbocycles. The maximum absolute atomic E-state index is 3.81. The first-order chi connectivity index (χ1) is 8.47. The third-order valence-corrected chi connectivity index (χ3v) is 4.31. The summed E-state index contributed by atoms with van der Waals surface area (Å²) >= 11 is 0. The Balaban J connectivity index is 2.48. The molecule has 1 saturated carbocycles. The third kappa shape index (κ3) is 4.84. The minimum Gasteiger partial charge on any atom is -0.0991 e. The molecule has 0 N–H and O–H groups in total. The van der Waals surface area contributed by atoms with Gasteiger partial charge in [-0.05, 0) is 61.9 Å². The van der Waals surface area contributed by atoms with Crippen LogP contribution in [0.3, 0.4) is 0 Å². The molecule has 0 amide bonds. The fourth-order valence-electron chi connectivity index (χ4n) is 3.12. The molecule has 1 fully saturated rings. The van der Waals surface area contributed by atoms with Crippen LogP contribution in [0, 0.1) is 17.3 Å². The highest BCUT2D eigenvalue weighted by Crippen LogP contribution is 2.41. The summed E-state index contributed by atoms with van der Waals surface area (Å²) in [4.78, 5) is 0. The number of hydrogen-bond acceptors (Lipinski definition) is 0. The van der Waals surface area contributed by atoms with Gasteiger partial charge in [-0.3, -0.25) is 0 Å². The van der Waals surface area contributed by atoms with E-state index in [-0.39, 0.29) is 0 Å². The van der Waals surface area contributed by atoms with Crippen molar-refractivity contribution in [3.63, 3.8) is 0 Å². The van der Waals surface area contributed by atoms with E-state index in [0.717, 1.165) is 11.8 Å². The van der Waals surface area contributed by atoms with Gasteiger partial charge in [0.05, 0.1) is 0 Å². The van der Waals surface area contributed by atoms with E-state index < -0.39 is 0 Å². The summed E-state index contributed by atoms with van der Waals surface area (Å²) in [6, 6.07) is 0. The van der Waals surface area contributed by atoms with Crippen molar-refractivity contribution in [3.8, 4) is 0 Å². The molecule has 0 heterocycles. The van der Waals surface area contributed by atoms with Crippen molar-refractivity contribution in [1.29, 1.82) is 0 Å². The van der Waals surface area contributed by atoms with Gasteiger partial charge in [0.2, 0.25) is 0 Å². The van der Waals surface area contributed by atoms with E-state index in [1.165, 1.54) is 37.7 Å². The first kappa shape index (κ1) is 15.3. The van der Waals surface area contributed by atoms with E-state index in [9.17, 15) is 0 Å². The van der Waals surface area contributed by atoms with Gasteiger partial charge < -0.3 is 0 Å². The first-order valence-corrected chi connectivity index (χ1v) is 7.41. The maximum atomic E-state index is 3.81. The van der Waals surface area contributed by atoms with E-state index >= 15 is 0 Å². The molecular formula is C18H30. The lowest BCUT2D eigenvalue weighted by molar-refractivity contribution is 0.150. The van der Waals surface area contributed by atoms with E-state index in [4.69, 9.17) is 0 Å². The summed E-state index contributed by atoms with van der Waals surface area (Å²) in [6.45, 7) is 13.1. The van der Waals surface area contributed by atoms with Crippen molar-refractivity contribution in [2.24, 2.45) is 17.3 Å². The lowest BCUT2D eigenvalue weighted by Gasteiger charge is -2.37. The van der Waals surface area contributed by atoms with Crippen LogP contribution in [0.25, 0.3) is 0 Å². The zero-order valence-corrected chi connectivity index (χ0v) is 12.7. The molecule has 18 heavy (non-hydrogen) atoms. The van der Waals surface area contributed by atoms with Gasteiger partial charge in [-0.25, -0.2) is 0 Å². The molecule has 0 spiro atoms. The largest absolute Gasteiger partial charge is 0.0991 e. The minimum absolute atomic E-state index is 0.494. The van der Waals surface area contributed by atoms with Gasteiger partial charge in [-0.1, -0.05) is 51.7 Å². The average molecular weight is 246 g/mol. The predicted octanol–water partition coefficient (Wildman–Crippen LogP) is 5.92. The Bertz CT molecular complexity index is 303. The molecule has 0 heteroatoms. The summed E-state index contributed by atoms with van der Waals surface area (Å²) < 4.78 is 0. The van der Waals surface area contributed by atoms with Gasteiger partial charge in [0.25, 0.3) is 0 Å². The van der Waals surface area contributed by atoms with Crippen LogP contribution in [0.2, 0.25) is 0 Å². The van der Waals surface area contributed by atoms with E-state index in [1.54, 1.807) is 0 Å². The van der Waals surface area contributed by atoms with Gasteiger partial charge >= 0.3 is 0 Å². The minimum atomic E-state index is 0.494. The summed E-state index contributed by atoms with van der Waals surface area (Å²) in [7, 11) is 0. The Morgan fingerprint density at radius 2 is 1.78 bits per heavy atom. The Morgan fingerprint density at radius 1 is 1.17 bits per heavy atom. The number of allylic oxidation sites excluding steroid dienone is 5. The van der Waals surface area contributed by atoms with Crippen LogP contribution in [-0.4, -0.2) is 0 Å². The van der Waals surface area contributed by atoms with Gasteiger partial charge in [-0.2, -0.15) is 0 Å². The van der Waals surface area contributed by atoms with Crippen molar-refractivity contribution in [2.45, 2.75) is 59.8 Å². The zero-order chi connectivity index (χ0) is 13.6. The van der Waals surface area contributed by atoms with Crippen LogP contribution in [-0.2, 0) is 0 Å². The highest BCUT2D eigenvalue weighted by atomic mass is 14.3. The van der Waals surface area contributed by atoms with Crippen LogP contribution in [0.1, 0.15) is 59.8 Å². The van der Waals surface area contributed by atoms with Crippen LogP contribution < -0.4 is 0 Å². The van der Waals surface area contributed by atoms with E-state index in [0.29, 0.717) is 5.41 Å². The Hall–Kier alpha value is -0.780. The third-order valence-electron chi connectivity index (χ3n) is 4.31. The van der Waals surface area contributed by atoms with Crippen molar-refractivity contribution in [1.82, 2.24) is 0 Å². The molecule has 0 nitrogen and oxygen atoms in total. The lowest BCUT2D eigenvalue weighted by atomic mass is 9.69. The topological polar surface area (TPSA) is 0 Å². The van der Waals surface area contributed by atoms with Crippen molar-refractivity contribution in [3.05, 3.63) is 36.5 Å². The highest BCUT2D eigenvalue weighted by molar-refractivity contribution is 5.23. The molecule has 0 bridgehead atoms. The van der Waals surface area contributed by atoms with Gasteiger partial charge in [0, 0.05) is 0 Å². The van der Waals surface area contributed by atoms with Gasteiger partial charge in [-0.15, -0.1) is 0 Å². The summed E-state index contributed by atoms with van der Waals surface area (Å²) in [5, 5.41) is 0. The Kier molecular flexibility index (Phi) is 5.91. The molecule has 0 aromatic heterocycles. The molecule has 1 aliphatic rings. The van der Waals surface area contributed by atoms with Crippen LogP contribution in [0.5, 0.6) is 0 Å². The van der Waals surface area contributed by atoms with Crippen LogP contribution in [0.4, 0.5) is 0 Å². The molecule has 102 valence electrons. The fraction of sp³-hybridized carbons (Fsp3) is 0.667. The SMILES string of the molecule is C=CC=C(C=CC)CC1CCC(C(C)(C)C)CC1. The molecule has 0 aromatic carbocycles. The second-order valence-corrected chi connectivity index (χ2v) is 6.77. The number of rotatable bonds is 4. The highest BCUT2D eigenvalue weighted by Gasteiger charge is 2.29. The van der Waals surface area contributed by atoms with Gasteiger partial charge in [0.1, 0.15) is 0 Å². The second kappa shape index (κ2) is 6.97. The standard InChI is InChI=1S/C18H30/c1-6-8-15(9-7-2)14-16-10-12-17(13-11-16)18(3,4)5/h6-9,16-17H,1,10-14H2,2-5H3. The Morgan fingerprint density at radius 3 is 2.22 bits per heavy atom. The second-order valence-electron chi connectivity index (χ2n) is 6.77. The van der Waals surface area contributed by atoms with Crippen LogP contribution in [0.15, 0.2) is 36.5 Å². The summed E-state index contributed by atoms with van der Waals surface area (Å²) in [5.74, 6) is 1.80. The summed E-state index contributed by atoms with van der Waals surface area (Å²) in [5.41, 5.74) is 1.93. The lowest BCUT2D eigenvalue weighted by Crippen LogP contribution is -2.25. The van der Waals surface area contributed by atoms with E-state index in [1.807, 2.05) is 6.08 Å². The fourth-order valence-corrected chi connectivity index (χ4v) is 3.12. The van der Waals surface area contributed by atoms with Crippen molar-refractivity contribution < 1.29 is 0 Å². The van der Waals surface area contributed by atoms with Gasteiger partial charge in [0.15, 0.2) is 0 Å². The number of hydrogen-bond donors (Lipinski definition) is 0. The molecule has 0 saturated heterocycles. The molecule has 0 unspecified atom stereocenters.